The molecular formula is C12H9F3N2S. The molecule has 0 bridgehead atoms. The molecule has 1 aromatic heterocycles. The molecule has 3 rings (SSSR count). The molecule has 2 heterocycles. The molecule has 1 aliphatic rings. The Kier molecular flexibility index (Phi) is 2.55. The Bertz CT molecular complexity index is 589. The van der Waals surface area contributed by atoms with Crippen molar-refractivity contribution in [3.63, 3.8) is 0 Å². The van der Waals surface area contributed by atoms with E-state index >= 15 is 0 Å². The molecule has 0 aliphatic carbocycles. The van der Waals surface area contributed by atoms with Crippen LogP contribution in [0.2, 0.25) is 0 Å². The van der Waals surface area contributed by atoms with Gasteiger partial charge >= 0.3 is 6.18 Å². The predicted octanol–water partition coefficient (Wildman–Crippen LogP) is 3.80. The second-order valence-corrected chi connectivity index (χ2v) is 5.11. The summed E-state index contributed by atoms with van der Waals surface area (Å²) in [5.41, 5.74) is 3.01. The van der Waals surface area contributed by atoms with E-state index in [1.807, 2.05) is 18.2 Å². The summed E-state index contributed by atoms with van der Waals surface area (Å²) >= 11 is 0.682. The lowest BCUT2D eigenvalue weighted by Gasteiger charge is -2.02. The van der Waals surface area contributed by atoms with Gasteiger partial charge in [-0.15, -0.1) is 11.3 Å². The first kappa shape index (κ1) is 11.5. The van der Waals surface area contributed by atoms with E-state index in [2.05, 4.69) is 10.3 Å². The van der Waals surface area contributed by atoms with E-state index in [9.17, 15) is 13.2 Å². The number of anilines is 1. The lowest BCUT2D eigenvalue weighted by molar-refractivity contribution is -0.137. The molecule has 1 aliphatic heterocycles. The molecule has 94 valence electrons. The Labute approximate surface area is 105 Å². The number of alkyl halides is 3. The zero-order valence-electron chi connectivity index (χ0n) is 9.21. The van der Waals surface area contributed by atoms with Gasteiger partial charge in [-0.2, -0.15) is 13.2 Å². The number of hydrogen-bond donors (Lipinski definition) is 1. The van der Waals surface area contributed by atoms with Gasteiger partial charge in [0, 0.05) is 18.4 Å². The van der Waals surface area contributed by atoms with E-state index in [4.69, 9.17) is 0 Å². The molecule has 0 fully saturated rings. The van der Waals surface area contributed by atoms with Crippen LogP contribution >= 0.6 is 11.3 Å². The van der Waals surface area contributed by atoms with E-state index in [0.717, 1.165) is 29.8 Å². The van der Waals surface area contributed by atoms with Crippen molar-refractivity contribution in [2.75, 3.05) is 11.9 Å². The van der Waals surface area contributed by atoms with Crippen molar-refractivity contribution in [3.8, 4) is 10.4 Å². The summed E-state index contributed by atoms with van der Waals surface area (Å²) in [5, 5.41) is 2.42. The summed E-state index contributed by atoms with van der Waals surface area (Å²) in [6.45, 7) is 0.884. The number of rotatable bonds is 1. The van der Waals surface area contributed by atoms with Crippen LogP contribution in [0.5, 0.6) is 0 Å². The lowest BCUT2D eigenvalue weighted by Crippen LogP contribution is -2.02. The van der Waals surface area contributed by atoms with Gasteiger partial charge in [0.25, 0.3) is 0 Å². The fraction of sp³-hybridized carbons (Fsp3) is 0.250. The van der Waals surface area contributed by atoms with Crippen LogP contribution in [0.1, 0.15) is 10.6 Å². The number of aromatic nitrogens is 1. The first-order chi connectivity index (χ1) is 8.54. The Hall–Kier alpha value is -1.56. The van der Waals surface area contributed by atoms with Crippen LogP contribution in [-0.4, -0.2) is 11.5 Å². The van der Waals surface area contributed by atoms with Gasteiger partial charge < -0.3 is 5.32 Å². The summed E-state index contributed by atoms with van der Waals surface area (Å²) in [5.74, 6) is 0. The smallest absolute Gasteiger partial charge is 0.384 e. The molecule has 6 heteroatoms. The van der Waals surface area contributed by atoms with Crippen LogP contribution in [-0.2, 0) is 12.6 Å². The second kappa shape index (κ2) is 3.98. The molecule has 0 atom stereocenters. The molecule has 1 aromatic carbocycles. The van der Waals surface area contributed by atoms with Crippen LogP contribution in [0.3, 0.4) is 0 Å². The number of hydrogen-bond acceptors (Lipinski definition) is 3. The highest BCUT2D eigenvalue weighted by atomic mass is 32.1. The maximum absolute atomic E-state index is 12.5. The zero-order chi connectivity index (χ0) is 12.8. The maximum atomic E-state index is 12.5. The molecular weight excluding hydrogens is 261 g/mol. The topological polar surface area (TPSA) is 24.9 Å². The summed E-state index contributed by atoms with van der Waals surface area (Å²) in [6.07, 6.45) is -2.16. The number of nitrogens with zero attached hydrogens (tertiary/aromatic N) is 1. The van der Waals surface area contributed by atoms with Crippen molar-refractivity contribution in [1.82, 2.24) is 4.98 Å². The van der Waals surface area contributed by atoms with Gasteiger partial charge in [0.1, 0.15) is 0 Å². The van der Waals surface area contributed by atoms with E-state index in [1.54, 1.807) is 0 Å². The normalized spacial score (nSPS) is 14.4. The Morgan fingerprint density at radius 3 is 2.83 bits per heavy atom. The molecule has 1 N–H and O–H groups in total. The number of benzene rings is 1. The quantitative estimate of drug-likeness (QED) is 0.852. The van der Waals surface area contributed by atoms with Crippen LogP contribution in [0.25, 0.3) is 10.4 Å². The summed E-state index contributed by atoms with van der Waals surface area (Å²) in [6, 6.07) is 5.67. The predicted molar refractivity (Wildman–Crippen MR) is 64.7 cm³/mol. The molecule has 2 aromatic rings. The van der Waals surface area contributed by atoms with Gasteiger partial charge in [0.15, 0.2) is 5.01 Å². The fourth-order valence-electron chi connectivity index (χ4n) is 2.00. The van der Waals surface area contributed by atoms with Crippen molar-refractivity contribution in [2.24, 2.45) is 0 Å². The third-order valence-electron chi connectivity index (χ3n) is 2.85. The van der Waals surface area contributed by atoms with Crippen molar-refractivity contribution < 1.29 is 13.2 Å². The van der Waals surface area contributed by atoms with Gasteiger partial charge in [-0.3, -0.25) is 0 Å². The van der Waals surface area contributed by atoms with Crippen molar-refractivity contribution in [3.05, 3.63) is 35.0 Å². The minimum atomic E-state index is -4.36. The average Bonchev–Trinajstić information content (AvgIpc) is 2.96. The molecule has 0 amide bonds. The van der Waals surface area contributed by atoms with Gasteiger partial charge in [0.05, 0.1) is 4.88 Å². The highest BCUT2D eigenvalue weighted by molar-refractivity contribution is 7.15. The van der Waals surface area contributed by atoms with Gasteiger partial charge in [-0.1, -0.05) is 6.07 Å². The van der Waals surface area contributed by atoms with Crippen LogP contribution in [0, 0.1) is 0 Å². The standard InChI is InChI=1S/C12H9F3N2S/c13-12(14,15)11-17-6-10(18-11)8-1-2-9-7(5-8)3-4-16-9/h1-2,5-6,16H,3-4H2. The first-order valence-corrected chi connectivity index (χ1v) is 6.26. The van der Waals surface area contributed by atoms with Crippen molar-refractivity contribution in [1.29, 1.82) is 0 Å². The van der Waals surface area contributed by atoms with E-state index in [0.29, 0.717) is 16.2 Å². The van der Waals surface area contributed by atoms with Crippen molar-refractivity contribution >= 4 is 17.0 Å². The molecule has 2 nitrogen and oxygen atoms in total. The first-order valence-electron chi connectivity index (χ1n) is 5.44. The van der Waals surface area contributed by atoms with Crippen LogP contribution < -0.4 is 5.32 Å². The third-order valence-corrected chi connectivity index (χ3v) is 3.94. The van der Waals surface area contributed by atoms with E-state index in [-0.39, 0.29) is 0 Å². The maximum Gasteiger partial charge on any atom is 0.443 e. The lowest BCUT2D eigenvalue weighted by atomic mass is 10.1. The minimum Gasteiger partial charge on any atom is -0.384 e. The molecule has 0 radical (unpaired) electrons. The molecule has 18 heavy (non-hydrogen) atoms. The molecule has 0 saturated heterocycles. The highest BCUT2D eigenvalue weighted by Gasteiger charge is 2.34. The third kappa shape index (κ3) is 1.96. The Balaban J connectivity index is 1.98. The average molecular weight is 270 g/mol. The number of halogens is 3. The second-order valence-electron chi connectivity index (χ2n) is 4.08. The summed E-state index contributed by atoms with van der Waals surface area (Å²) in [4.78, 5) is 3.99. The Morgan fingerprint density at radius 2 is 2.11 bits per heavy atom. The zero-order valence-corrected chi connectivity index (χ0v) is 10.0. The monoisotopic (exact) mass is 270 g/mol. The minimum absolute atomic E-state index is 0.553. The number of fused-ring (bicyclic) bond motifs is 1. The van der Waals surface area contributed by atoms with Crippen LogP contribution in [0.15, 0.2) is 24.4 Å². The van der Waals surface area contributed by atoms with Gasteiger partial charge in [-0.25, -0.2) is 4.98 Å². The summed E-state index contributed by atoms with van der Waals surface area (Å²) in [7, 11) is 0. The molecule has 0 unspecified atom stereocenters. The highest BCUT2D eigenvalue weighted by Crippen LogP contribution is 2.37. The molecule has 0 spiro atoms. The number of nitrogens with one attached hydrogen (secondary N) is 1. The van der Waals surface area contributed by atoms with E-state index < -0.39 is 11.2 Å². The van der Waals surface area contributed by atoms with Gasteiger partial charge in [-0.05, 0) is 29.7 Å². The largest absolute Gasteiger partial charge is 0.443 e. The Morgan fingerprint density at radius 1 is 1.28 bits per heavy atom. The van der Waals surface area contributed by atoms with Crippen molar-refractivity contribution in [2.45, 2.75) is 12.6 Å². The van der Waals surface area contributed by atoms with Crippen LogP contribution in [0.4, 0.5) is 18.9 Å². The fourth-order valence-corrected chi connectivity index (χ4v) is 2.78. The molecule has 0 saturated carbocycles. The SMILES string of the molecule is FC(F)(F)c1ncc(-c2ccc3c(c2)CCN3)s1. The number of thiazole rings is 1. The van der Waals surface area contributed by atoms with Gasteiger partial charge in [0.2, 0.25) is 0 Å². The van der Waals surface area contributed by atoms with E-state index in [1.165, 1.54) is 6.20 Å². The summed E-state index contributed by atoms with van der Waals surface area (Å²) < 4.78 is 37.4.